The summed E-state index contributed by atoms with van der Waals surface area (Å²) < 4.78 is 5.92. The molecular formula is C24H20Cl2N2O2. The lowest BCUT2D eigenvalue weighted by atomic mass is 9.98. The van der Waals surface area contributed by atoms with Crippen LogP contribution in [0.1, 0.15) is 37.3 Å². The van der Waals surface area contributed by atoms with Gasteiger partial charge in [0.25, 0.3) is 0 Å². The molecule has 0 amide bonds. The first-order chi connectivity index (χ1) is 14.4. The molecule has 1 aromatic heterocycles. The molecule has 0 aliphatic carbocycles. The van der Waals surface area contributed by atoms with Crippen molar-refractivity contribution in [3.63, 3.8) is 0 Å². The largest absolute Gasteiger partial charge is 0.506 e. The molecule has 0 bridgehead atoms. The van der Waals surface area contributed by atoms with Gasteiger partial charge in [-0.1, -0.05) is 43.1 Å². The van der Waals surface area contributed by atoms with Crippen LogP contribution < -0.4 is 0 Å². The van der Waals surface area contributed by atoms with Crippen LogP contribution in [0, 0.1) is 0 Å². The zero-order valence-corrected chi connectivity index (χ0v) is 18.1. The molecule has 4 nitrogen and oxygen atoms in total. The quantitative estimate of drug-likeness (QED) is 0.323. The van der Waals surface area contributed by atoms with Gasteiger partial charge in [0.05, 0.1) is 10.7 Å². The summed E-state index contributed by atoms with van der Waals surface area (Å²) in [7, 11) is 0. The van der Waals surface area contributed by atoms with Gasteiger partial charge in [-0.2, -0.15) is 0 Å². The number of fused-ring (bicyclic) bond motifs is 1. The maximum Gasteiger partial charge on any atom is 0.227 e. The molecule has 152 valence electrons. The number of hydrogen-bond acceptors (Lipinski definition) is 4. The highest BCUT2D eigenvalue weighted by molar-refractivity contribution is 6.36. The van der Waals surface area contributed by atoms with Gasteiger partial charge in [0.2, 0.25) is 5.89 Å². The molecule has 6 heteroatoms. The van der Waals surface area contributed by atoms with Crippen LogP contribution in [0.15, 0.2) is 64.0 Å². The zero-order chi connectivity index (χ0) is 21.3. The summed E-state index contributed by atoms with van der Waals surface area (Å²) in [6, 6.07) is 16.8. The molecule has 3 aromatic carbocycles. The van der Waals surface area contributed by atoms with E-state index in [9.17, 15) is 5.11 Å². The minimum atomic E-state index is -0.0512. The molecule has 1 N–H and O–H groups in total. The molecule has 1 heterocycles. The van der Waals surface area contributed by atoms with Crippen molar-refractivity contribution in [3.8, 4) is 17.2 Å². The summed E-state index contributed by atoms with van der Waals surface area (Å²) in [6.07, 6.45) is 2.61. The van der Waals surface area contributed by atoms with Crippen LogP contribution in [0.4, 0.5) is 5.69 Å². The Labute approximate surface area is 184 Å². The Morgan fingerprint density at radius 2 is 1.87 bits per heavy atom. The highest BCUT2D eigenvalue weighted by atomic mass is 35.5. The number of rotatable bonds is 5. The number of aliphatic imine (C=N–C) groups is 1. The van der Waals surface area contributed by atoms with Crippen LogP contribution in [0.2, 0.25) is 10.0 Å². The summed E-state index contributed by atoms with van der Waals surface area (Å²) in [5.41, 5.74) is 4.92. The van der Waals surface area contributed by atoms with Crippen molar-refractivity contribution in [2.75, 3.05) is 0 Å². The monoisotopic (exact) mass is 438 g/mol. The summed E-state index contributed by atoms with van der Waals surface area (Å²) in [5, 5.41) is 10.6. The number of benzene rings is 3. The SMILES string of the molecule is CC[C@H](C)c1ccc2oc(-c3ccc(N=Cc4cc(Cl)cc(Cl)c4O)cc3)nc2c1. The highest BCUT2D eigenvalue weighted by Gasteiger charge is 2.11. The molecule has 1 atom stereocenters. The average molecular weight is 439 g/mol. The average Bonchev–Trinajstić information content (AvgIpc) is 3.18. The van der Waals surface area contributed by atoms with E-state index in [1.165, 1.54) is 17.8 Å². The van der Waals surface area contributed by atoms with Gasteiger partial charge in [0.15, 0.2) is 5.58 Å². The molecule has 30 heavy (non-hydrogen) atoms. The van der Waals surface area contributed by atoms with Gasteiger partial charge in [-0.25, -0.2) is 4.98 Å². The first kappa shape index (κ1) is 20.5. The van der Waals surface area contributed by atoms with Gasteiger partial charge in [-0.15, -0.1) is 0 Å². The number of phenolic OH excluding ortho intramolecular Hbond substituents is 1. The summed E-state index contributed by atoms with van der Waals surface area (Å²) in [5.74, 6) is 1.01. The first-order valence-electron chi connectivity index (χ1n) is 9.67. The lowest BCUT2D eigenvalue weighted by molar-refractivity contribution is 0.475. The zero-order valence-electron chi connectivity index (χ0n) is 16.6. The number of oxazole rings is 1. The van der Waals surface area contributed by atoms with Crippen LogP contribution in [0.25, 0.3) is 22.6 Å². The van der Waals surface area contributed by atoms with Crippen molar-refractivity contribution in [1.82, 2.24) is 4.98 Å². The van der Waals surface area contributed by atoms with E-state index in [2.05, 4.69) is 36.0 Å². The van der Waals surface area contributed by atoms with E-state index in [-0.39, 0.29) is 10.8 Å². The Kier molecular flexibility index (Phi) is 5.80. The number of halogens is 2. The van der Waals surface area contributed by atoms with Crippen molar-refractivity contribution in [2.45, 2.75) is 26.2 Å². The van der Waals surface area contributed by atoms with E-state index in [0.717, 1.165) is 23.1 Å². The number of aromatic nitrogens is 1. The van der Waals surface area contributed by atoms with Gasteiger partial charge in [0, 0.05) is 22.4 Å². The van der Waals surface area contributed by atoms with Crippen molar-refractivity contribution in [2.24, 2.45) is 4.99 Å². The molecule has 0 saturated carbocycles. The molecule has 0 spiro atoms. The predicted molar refractivity (Wildman–Crippen MR) is 124 cm³/mol. The van der Waals surface area contributed by atoms with Gasteiger partial charge in [0.1, 0.15) is 11.3 Å². The third-order valence-electron chi connectivity index (χ3n) is 5.12. The molecule has 0 radical (unpaired) electrons. The van der Waals surface area contributed by atoms with Gasteiger partial charge in [-0.3, -0.25) is 4.99 Å². The van der Waals surface area contributed by atoms with Crippen LogP contribution in [-0.2, 0) is 0 Å². The second-order valence-corrected chi connectivity index (χ2v) is 8.03. The summed E-state index contributed by atoms with van der Waals surface area (Å²) >= 11 is 11.9. The third-order valence-corrected chi connectivity index (χ3v) is 5.62. The van der Waals surface area contributed by atoms with E-state index in [4.69, 9.17) is 27.6 Å². The summed E-state index contributed by atoms with van der Waals surface area (Å²) in [4.78, 5) is 9.03. The van der Waals surface area contributed by atoms with E-state index in [1.807, 2.05) is 30.3 Å². The van der Waals surface area contributed by atoms with Crippen LogP contribution >= 0.6 is 23.2 Å². The second-order valence-electron chi connectivity index (χ2n) is 7.19. The van der Waals surface area contributed by atoms with Gasteiger partial charge >= 0.3 is 0 Å². The minimum absolute atomic E-state index is 0.0512. The normalized spacial score (nSPS) is 12.7. The molecule has 4 rings (SSSR count). The first-order valence-corrected chi connectivity index (χ1v) is 10.4. The van der Waals surface area contributed by atoms with Crippen molar-refractivity contribution in [3.05, 3.63) is 75.8 Å². The fourth-order valence-corrected chi connectivity index (χ4v) is 3.64. The Balaban J connectivity index is 1.58. The highest BCUT2D eigenvalue weighted by Crippen LogP contribution is 2.31. The lowest BCUT2D eigenvalue weighted by Gasteiger charge is -2.07. The molecular weight excluding hydrogens is 419 g/mol. The fraction of sp³-hybridized carbons (Fsp3) is 0.167. The molecule has 0 fully saturated rings. The van der Waals surface area contributed by atoms with Crippen LogP contribution in [0.3, 0.4) is 0 Å². The number of hydrogen-bond donors (Lipinski definition) is 1. The smallest absolute Gasteiger partial charge is 0.227 e. The molecule has 0 aliphatic rings. The van der Waals surface area contributed by atoms with Crippen molar-refractivity contribution in [1.29, 1.82) is 0 Å². The topological polar surface area (TPSA) is 58.6 Å². The Hall–Kier alpha value is -2.82. The van der Waals surface area contributed by atoms with Gasteiger partial charge < -0.3 is 9.52 Å². The molecule has 0 aliphatic heterocycles. The van der Waals surface area contributed by atoms with E-state index >= 15 is 0 Å². The Morgan fingerprint density at radius 1 is 1.10 bits per heavy atom. The second kappa shape index (κ2) is 8.50. The number of nitrogens with zero attached hydrogens (tertiary/aromatic N) is 2. The van der Waals surface area contributed by atoms with Crippen molar-refractivity contribution >= 4 is 46.2 Å². The van der Waals surface area contributed by atoms with Crippen molar-refractivity contribution < 1.29 is 9.52 Å². The van der Waals surface area contributed by atoms with E-state index in [0.29, 0.717) is 28.1 Å². The van der Waals surface area contributed by atoms with Crippen LogP contribution in [0.5, 0.6) is 5.75 Å². The maximum atomic E-state index is 10.0. The number of aromatic hydroxyl groups is 1. The predicted octanol–water partition coefficient (Wildman–Crippen LogP) is 7.77. The van der Waals surface area contributed by atoms with Crippen LogP contribution in [-0.4, -0.2) is 16.3 Å². The minimum Gasteiger partial charge on any atom is -0.506 e. The standard InChI is InChI=1S/C24H20Cl2N2O2/c1-3-14(2)16-6-9-22-21(11-16)28-24(30-22)15-4-7-19(8-5-15)27-13-17-10-18(25)12-20(26)23(17)29/h4-14,29H,3H2,1-2H3/t14-/m0/s1. The fourth-order valence-electron chi connectivity index (χ4n) is 3.13. The van der Waals surface area contributed by atoms with Gasteiger partial charge in [-0.05, 0) is 66.4 Å². The summed E-state index contributed by atoms with van der Waals surface area (Å²) in [6.45, 7) is 4.38. The van der Waals surface area contributed by atoms with E-state index in [1.54, 1.807) is 6.07 Å². The molecule has 0 unspecified atom stereocenters. The number of phenols is 1. The molecule has 0 saturated heterocycles. The Morgan fingerprint density at radius 3 is 2.60 bits per heavy atom. The lowest BCUT2D eigenvalue weighted by Crippen LogP contribution is -1.90. The molecule has 4 aromatic rings. The third kappa shape index (κ3) is 4.20. The maximum absolute atomic E-state index is 10.0. The Bertz CT molecular complexity index is 1230. The van der Waals surface area contributed by atoms with E-state index < -0.39 is 0 Å².